The predicted octanol–water partition coefficient (Wildman–Crippen LogP) is 5.99. The minimum atomic E-state index is -0.443. The normalized spacial score (nSPS) is 15.9. The molecule has 1 aliphatic heterocycles. The number of ether oxygens (including phenoxy) is 1. The molecule has 0 radical (unpaired) electrons. The molecule has 0 bridgehead atoms. The summed E-state index contributed by atoms with van der Waals surface area (Å²) in [5, 5.41) is 2.47. The van der Waals surface area contributed by atoms with Crippen LogP contribution in [-0.2, 0) is 11.2 Å². The molecule has 8 heteroatoms. The van der Waals surface area contributed by atoms with Crippen LogP contribution in [0.2, 0.25) is 5.02 Å². The summed E-state index contributed by atoms with van der Waals surface area (Å²) in [5.74, 6) is -0.691. The van der Waals surface area contributed by atoms with Gasteiger partial charge in [0.2, 0.25) is 5.91 Å². The van der Waals surface area contributed by atoms with Crippen LogP contribution in [0.25, 0.3) is 0 Å². The number of hydrogen-bond donors (Lipinski definition) is 0. The number of hydrogen-bond acceptors (Lipinski definition) is 4. The first-order valence-corrected chi connectivity index (χ1v) is 12.9. The predicted molar refractivity (Wildman–Crippen MR) is 137 cm³/mol. The van der Waals surface area contributed by atoms with Gasteiger partial charge in [-0.1, -0.05) is 36.7 Å². The third-order valence-corrected chi connectivity index (χ3v) is 7.64. The molecule has 5 nitrogen and oxygen atoms in total. The average molecular weight is 515 g/mol. The molecule has 0 fully saturated rings. The summed E-state index contributed by atoms with van der Waals surface area (Å²) in [5.41, 5.74) is 1.46. The maximum Gasteiger partial charge on any atom is 0.254 e. The van der Waals surface area contributed by atoms with Crippen molar-refractivity contribution in [3.63, 3.8) is 0 Å². The summed E-state index contributed by atoms with van der Waals surface area (Å²) in [4.78, 5) is 31.5. The number of thiophene rings is 1. The summed E-state index contributed by atoms with van der Waals surface area (Å²) in [7, 11) is 0. The molecular weight excluding hydrogens is 487 g/mol. The van der Waals surface area contributed by atoms with E-state index in [1.165, 1.54) is 10.9 Å². The van der Waals surface area contributed by atoms with Gasteiger partial charge in [0.25, 0.3) is 5.91 Å². The van der Waals surface area contributed by atoms with Crippen molar-refractivity contribution in [3.05, 3.63) is 86.8 Å². The number of benzene rings is 2. The lowest BCUT2D eigenvalue weighted by molar-refractivity contribution is -0.136. The van der Waals surface area contributed by atoms with Crippen LogP contribution in [0.15, 0.2) is 60.0 Å². The average Bonchev–Trinajstić information content (AvgIpc) is 3.35. The second-order valence-corrected chi connectivity index (χ2v) is 10.0. The van der Waals surface area contributed by atoms with Crippen LogP contribution < -0.4 is 4.74 Å². The van der Waals surface area contributed by atoms with E-state index in [-0.39, 0.29) is 42.8 Å². The Morgan fingerprint density at radius 1 is 1.23 bits per heavy atom. The van der Waals surface area contributed by atoms with Gasteiger partial charge in [-0.25, -0.2) is 4.39 Å². The number of rotatable bonds is 8. The highest BCUT2D eigenvalue weighted by molar-refractivity contribution is 7.10. The van der Waals surface area contributed by atoms with Crippen molar-refractivity contribution in [2.45, 2.75) is 38.8 Å². The Bertz CT molecular complexity index is 1200. The van der Waals surface area contributed by atoms with Crippen LogP contribution in [0.4, 0.5) is 4.39 Å². The van der Waals surface area contributed by atoms with E-state index in [0.717, 1.165) is 12.0 Å². The fourth-order valence-corrected chi connectivity index (χ4v) is 5.40. The third-order valence-electron chi connectivity index (χ3n) is 6.41. The summed E-state index contributed by atoms with van der Waals surface area (Å²) in [6, 6.07) is 14.5. The maximum atomic E-state index is 14.2. The van der Waals surface area contributed by atoms with Crippen molar-refractivity contribution in [3.8, 4) is 5.75 Å². The fraction of sp³-hybridized carbons (Fsp3) is 0.333. The van der Waals surface area contributed by atoms with Gasteiger partial charge in [0, 0.05) is 28.0 Å². The molecule has 0 unspecified atom stereocenters. The van der Waals surface area contributed by atoms with Crippen molar-refractivity contribution >= 4 is 34.8 Å². The molecule has 0 N–H and O–H groups in total. The molecule has 0 aliphatic carbocycles. The minimum absolute atomic E-state index is 0.0595. The van der Waals surface area contributed by atoms with Crippen molar-refractivity contribution in [2.24, 2.45) is 0 Å². The van der Waals surface area contributed by atoms with Gasteiger partial charge in [-0.3, -0.25) is 9.59 Å². The smallest absolute Gasteiger partial charge is 0.254 e. The number of nitrogens with zero attached hydrogens (tertiary/aromatic N) is 2. The summed E-state index contributed by atoms with van der Waals surface area (Å²) < 4.78 is 20.0. The molecule has 2 aromatic carbocycles. The Kier molecular flexibility index (Phi) is 8.08. The van der Waals surface area contributed by atoms with Gasteiger partial charge in [0.1, 0.15) is 13.2 Å². The standard InChI is InChI=1S/C27H28ClFN2O3S/c1-3-18(2)31(27(33)19-7-6-8-20(28)15-19)16-26(32)30-13-11-25-21(12-14-35-25)23(30)17-34-24-10-5-4-9-22(24)29/h4-10,12,14-15,18,23H,3,11,13,16-17H2,1-2H3/t18-,23+/m0/s1. The first-order valence-electron chi connectivity index (χ1n) is 11.7. The first-order chi connectivity index (χ1) is 16.9. The van der Waals surface area contributed by atoms with E-state index in [1.54, 1.807) is 63.6 Å². The monoisotopic (exact) mass is 514 g/mol. The SMILES string of the molecule is CC[C@H](C)N(CC(=O)N1CCc2sccc2[C@H]1COc1ccccc1F)C(=O)c1cccc(Cl)c1. The van der Waals surface area contributed by atoms with Gasteiger partial charge in [-0.15, -0.1) is 11.3 Å². The van der Waals surface area contributed by atoms with Crippen LogP contribution in [-0.4, -0.2) is 47.4 Å². The molecule has 2 amide bonds. The van der Waals surface area contributed by atoms with Gasteiger partial charge < -0.3 is 14.5 Å². The molecule has 0 saturated heterocycles. The fourth-order valence-electron chi connectivity index (χ4n) is 4.28. The highest BCUT2D eigenvalue weighted by Gasteiger charge is 2.34. The molecule has 2 atom stereocenters. The summed E-state index contributed by atoms with van der Waals surface area (Å²) in [6.07, 6.45) is 1.44. The van der Waals surface area contributed by atoms with E-state index >= 15 is 0 Å². The molecule has 2 heterocycles. The largest absolute Gasteiger partial charge is 0.488 e. The van der Waals surface area contributed by atoms with Gasteiger partial charge in [-0.2, -0.15) is 0 Å². The first kappa shape index (κ1) is 25.2. The Morgan fingerprint density at radius 2 is 2.03 bits per heavy atom. The zero-order valence-corrected chi connectivity index (χ0v) is 21.3. The van der Waals surface area contributed by atoms with Crippen LogP contribution in [0, 0.1) is 5.82 Å². The molecule has 4 rings (SSSR count). The molecule has 3 aromatic rings. The lowest BCUT2D eigenvalue weighted by Crippen LogP contribution is -2.49. The highest BCUT2D eigenvalue weighted by Crippen LogP contribution is 2.34. The Labute approximate surface area is 214 Å². The van der Waals surface area contributed by atoms with Crippen LogP contribution in [0.3, 0.4) is 0 Å². The number of halogens is 2. The Balaban J connectivity index is 1.56. The molecule has 1 aromatic heterocycles. The van der Waals surface area contributed by atoms with Crippen molar-refractivity contribution in [1.29, 1.82) is 0 Å². The molecular formula is C27H28ClFN2O3S. The lowest BCUT2D eigenvalue weighted by atomic mass is 10.00. The molecule has 184 valence electrons. The molecule has 1 aliphatic rings. The van der Waals surface area contributed by atoms with Gasteiger partial charge in [0.15, 0.2) is 11.6 Å². The third kappa shape index (κ3) is 5.68. The minimum Gasteiger partial charge on any atom is -0.488 e. The van der Waals surface area contributed by atoms with E-state index < -0.39 is 5.82 Å². The maximum absolute atomic E-state index is 14.2. The van der Waals surface area contributed by atoms with Gasteiger partial charge in [0.05, 0.1) is 6.04 Å². The Morgan fingerprint density at radius 3 is 2.77 bits per heavy atom. The summed E-state index contributed by atoms with van der Waals surface area (Å²) in [6.45, 7) is 4.49. The van der Waals surface area contributed by atoms with Crippen LogP contribution in [0.5, 0.6) is 5.75 Å². The highest BCUT2D eigenvalue weighted by atomic mass is 35.5. The van der Waals surface area contributed by atoms with E-state index in [4.69, 9.17) is 16.3 Å². The quantitative estimate of drug-likeness (QED) is 0.371. The van der Waals surface area contributed by atoms with E-state index in [1.807, 2.05) is 25.3 Å². The molecule has 35 heavy (non-hydrogen) atoms. The van der Waals surface area contributed by atoms with Crippen molar-refractivity contribution in [2.75, 3.05) is 19.7 Å². The van der Waals surface area contributed by atoms with Gasteiger partial charge >= 0.3 is 0 Å². The van der Waals surface area contributed by atoms with E-state index in [2.05, 4.69) is 0 Å². The second-order valence-electron chi connectivity index (χ2n) is 8.59. The van der Waals surface area contributed by atoms with Crippen LogP contribution >= 0.6 is 22.9 Å². The number of para-hydroxylation sites is 1. The number of amides is 2. The van der Waals surface area contributed by atoms with Crippen LogP contribution in [0.1, 0.15) is 47.1 Å². The van der Waals surface area contributed by atoms with Crippen molar-refractivity contribution < 1.29 is 18.7 Å². The molecule has 0 saturated carbocycles. The number of fused-ring (bicyclic) bond motifs is 1. The number of carbonyl (C=O) groups is 2. The Hall–Kier alpha value is -2.90. The lowest BCUT2D eigenvalue weighted by Gasteiger charge is -2.38. The summed E-state index contributed by atoms with van der Waals surface area (Å²) >= 11 is 7.75. The second kappa shape index (κ2) is 11.2. The zero-order chi connectivity index (χ0) is 24.9. The molecule has 0 spiro atoms. The van der Waals surface area contributed by atoms with Crippen molar-refractivity contribution in [1.82, 2.24) is 9.80 Å². The van der Waals surface area contributed by atoms with E-state index in [0.29, 0.717) is 23.6 Å². The topological polar surface area (TPSA) is 49.9 Å². The van der Waals surface area contributed by atoms with E-state index in [9.17, 15) is 14.0 Å². The zero-order valence-electron chi connectivity index (χ0n) is 19.7. The number of carbonyl (C=O) groups excluding carboxylic acids is 2. The van der Waals surface area contributed by atoms with Gasteiger partial charge in [-0.05, 0) is 67.1 Å².